The third kappa shape index (κ3) is 3.97. The van der Waals surface area contributed by atoms with Gasteiger partial charge < -0.3 is 9.30 Å². The van der Waals surface area contributed by atoms with Crippen LogP contribution in [0, 0.1) is 10.5 Å². The van der Waals surface area contributed by atoms with Crippen molar-refractivity contribution in [3.63, 3.8) is 0 Å². The zero-order valence-electron chi connectivity index (χ0n) is 13.8. The Labute approximate surface area is 167 Å². The lowest BCUT2D eigenvalue weighted by Crippen LogP contribution is -2.09. The van der Waals surface area contributed by atoms with Crippen molar-refractivity contribution in [2.75, 3.05) is 0 Å². The lowest BCUT2D eigenvalue weighted by molar-refractivity contribution is -0.0552. The zero-order valence-corrected chi connectivity index (χ0v) is 16.1. The highest BCUT2D eigenvalue weighted by Crippen LogP contribution is 2.37. The second-order valence-corrected chi connectivity index (χ2v) is 6.71. The molecule has 0 saturated heterocycles. The lowest BCUT2D eigenvalue weighted by atomic mass is 10.2. The molecule has 0 amide bonds. The minimum Gasteiger partial charge on any atom is -0.416 e. The minimum atomic E-state index is -3.10. The largest absolute Gasteiger partial charge is 0.416 e. The molecule has 4 nitrogen and oxygen atoms in total. The second kappa shape index (κ2) is 7.92. The fourth-order valence-corrected chi connectivity index (χ4v) is 3.31. The maximum absolute atomic E-state index is 14.8. The van der Waals surface area contributed by atoms with Gasteiger partial charge in [0.1, 0.15) is 21.1 Å². The van der Waals surface area contributed by atoms with Gasteiger partial charge in [0, 0.05) is 13.6 Å². The summed E-state index contributed by atoms with van der Waals surface area (Å²) in [5.74, 6) is -1.12. The van der Waals surface area contributed by atoms with Gasteiger partial charge in [-0.1, -0.05) is 65.8 Å². The number of rotatable bonds is 5. The summed E-state index contributed by atoms with van der Waals surface area (Å²) in [5, 5.41) is 3.83. The van der Waals surface area contributed by atoms with Crippen molar-refractivity contribution in [2.24, 2.45) is 7.05 Å². The number of aromatic nitrogens is 3. The molecule has 3 rings (SSSR count). The average molecular weight is 434 g/mol. The van der Waals surface area contributed by atoms with Crippen molar-refractivity contribution in [2.45, 2.75) is 13.2 Å². The summed E-state index contributed by atoms with van der Waals surface area (Å²) in [6, 6.07) is 10.2. The van der Waals surface area contributed by atoms with E-state index < -0.39 is 12.4 Å². The summed E-state index contributed by atoms with van der Waals surface area (Å²) in [5.41, 5.74) is 0.677. The first-order chi connectivity index (χ1) is 12.8. The van der Waals surface area contributed by atoms with Gasteiger partial charge in [0.25, 0.3) is 0 Å². The van der Waals surface area contributed by atoms with Crippen LogP contribution in [0.1, 0.15) is 5.56 Å². The number of pyridine rings is 1. The highest BCUT2D eigenvalue weighted by molar-refractivity contribution is 7.71. The van der Waals surface area contributed by atoms with Crippen molar-refractivity contribution in [3.8, 4) is 17.3 Å². The summed E-state index contributed by atoms with van der Waals surface area (Å²) in [4.78, 5) is 0. The van der Waals surface area contributed by atoms with Crippen LogP contribution >= 0.6 is 35.4 Å². The number of benzene rings is 1. The van der Waals surface area contributed by atoms with Crippen molar-refractivity contribution in [1.82, 2.24) is 14.3 Å². The minimum absolute atomic E-state index is 0.0401. The van der Waals surface area contributed by atoms with E-state index in [-0.39, 0.29) is 38.5 Å². The van der Waals surface area contributed by atoms with E-state index in [1.165, 1.54) is 11.6 Å². The number of nitrogens with zero attached hydrogens (tertiary/aromatic N) is 3. The van der Waals surface area contributed by atoms with E-state index in [2.05, 4.69) is 9.84 Å². The molecule has 0 unspecified atom stereocenters. The molecule has 27 heavy (non-hydrogen) atoms. The van der Waals surface area contributed by atoms with Crippen LogP contribution in [0.25, 0.3) is 11.4 Å². The monoisotopic (exact) mass is 433 g/mol. The first-order valence-corrected chi connectivity index (χ1v) is 8.76. The summed E-state index contributed by atoms with van der Waals surface area (Å²) >= 11 is 17.5. The molecule has 0 radical (unpaired) electrons. The van der Waals surface area contributed by atoms with Crippen molar-refractivity contribution in [1.29, 1.82) is 0 Å². The molecule has 0 saturated carbocycles. The molecule has 142 valence electrons. The summed E-state index contributed by atoms with van der Waals surface area (Å²) in [7, 11) is 1.36. The Balaban J connectivity index is 2.22. The van der Waals surface area contributed by atoms with E-state index >= 15 is 0 Å². The topological polar surface area (TPSA) is 32.0 Å². The second-order valence-electron chi connectivity index (χ2n) is 5.54. The molecule has 0 N–H and O–H groups in total. The highest BCUT2D eigenvalue weighted by atomic mass is 35.5. The Morgan fingerprint density at radius 2 is 1.89 bits per heavy atom. The normalized spacial score (nSPS) is 11.2. The predicted molar refractivity (Wildman–Crippen MR) is 99.6 cm³/mol. The Bertz CT molecular complexity index is 1040. The molecule has 2 heterocycles. The van der Waals surface area contributed by atoms with E-state index in [1.807, 2.05) is 30.3 Å². The SMILES string of the molecule is Cn1nc(-c2c(F)cc(Cl)c(=S)n2Cc2ccccc2)c(Cl)c1OC(F)F. The lowest BCUT2D eigenvalue weighted by Gasteiger charge is -2.15. The maximum atomic E-state index is 14.8. The summed E-state index contributed by atoms with van der Waals surface area (Å²) in [6.45, 7) is -2.92. The highest BCUT2D eigenvalue weighted by Gasteiger charge is 2.25. The zero-order chi connectivity index (χ0) is 19.7. The Kier molecular flexibility index (Phi) is 5.78. The van der Waals surface area contributed by atoms with Gasteiger partial charge in [-0.15, -0.1) is 0 Å². The summed E-state index contributed by atoms with van der Waals surface area (Å²) in [6.07, 6.45) is 0. The maximum Gasteiger partial charge on any atom is 0.388 e. The average Bonchev–Trinajstić information content (AvgIpc) is 2.88. The third-order valence-electron chi connectivity index (χ3n) is 3.75. The van der Waals surface area contributed by atoms with Crippen LogP contribution in [0.3, 0.4) is 0 Å². The number of hydrogen-bond donors (Lipinski definition) is 0. The first kappa shape index (κ1) is 19.7. The molecular formula is C17H12Cl2F3N3OS. The van der Waals surface area contributed by atoms with Crippen LogP contribution in [0.4, 0.5) is 13.2 Å². The van der Waals surface area contributed by atoms with Gasteiger partial charge in [-0.25, -0.2) is 9.07 Å². The molecule has 10 heteroatoms. The quantitative estimate of drug-likeness (QED) is 0.482. The third-order valence-corrected chi connectivity index (χ3v) is 4.93. The van der Waals surface area contributed by atoms with Gasteiger partial charge in [-0.3, -0.25) is 0 Å². The number of hydrogen-bond acceptors (Lipinski definition) is 3. The van der Waals surface area contributed by atoms with Crippen molar-refractivity contribution in [3.05, 3.63) is 62.5 Å². The Hall–Kier alpha value is -2.03. The first-order valence-electron chi connectivity index (χ1n) is 7.60. The van der Waals surface area contributed by atoms with Crippen molar-refractivity contribution >= 4 is 35.4 Å². The van der Waals surface area contributed by atoms with E-state index in [4.69, 9.17) is 35.4 Å². The van der Waals surface area contributed by atoms with Crippen LogP contribution in [0.15, 0.2) is 36.4 Å². The van der Waals surface area contributed by atoms with Gasteiger partial charge in [-0.2, -0.15) is 13.9 Å². The molecule has 1 aromatic carbocycles. The fourth-order valence-electron chi connectivity index (χ4n) is 2.60. The van der Waals surface area contributed by atoms with Crippen LogP contribution in [0.5, 0.6) is 5.88 Å². The molecule has 0 bridgehead atoms. The van der Waals surface area contributed by atoms with E-state index in [1.54, 1.807) is 0 Å². The Morgan fingerprint density at radius 3 is 2.52 bits per heavy atom. The fraction of sp³-hybridized carbons (Fsp3) is 0.176. The van der Waals surface area contributed by atoms with Crippen LogP contribution in [0.2, 0.25) is 10.0 Å². The Morgan fingerprint density at radius 1 is 1.22 bits per heavy atom. The standard InChI is InChI=1S/C17H12Cl2F3N3OS/c1-24-15(26-17(21)22)12(19)13(23-24)14-11(20)7-10(18)16(27)25(14)8-9-5-3-2-4-6-9/h2-7,17H,8H2,1H3. The van der Waals surface area contributed by atoms with E-state index in [0.29, 0.717) is 0 Å². The number of alkyl halides is 2. The van der Waals surface area contributed by atoms with Crippen LogP contribution in [-0.4, -0.2) is 21.0 Å². The van der Waals surface area contributed by atoms with Gasteiger partial charge in [0.2, 0.25) is 5.88 Å². The predicted octanol–water partition coefficient (Wildman–Crippen LogP) is 5.71. The molecule has 0 fully saturated rings. The molecule has 0 aliphatic carbocycles. The van der Waals surface area contributed by atoms with Gasteiger partial charge in [0.05, 0.1) is 5.02 Å². The number of aryl methyl sites for hydroxylation is 1. The molecule has 2 aromatic heterocycles. The van der Waals surface area contributed by atoms with Crippen molar-refractivity contribution < 1.29 is 17.9 Å². The molecule has 0 aliphatic heterocycles. The molecule has 0 spiro atoms. The number of ether oxygens (including phenoxy) is 1. The number of halogens is 5. The van der Waals surface area contributed by atoms with Gasteiger partial charge >= 0.3 is 6.61 Å². The molecule has 0 atom stereocenters. The van der Waals surface area contributed by atoms with Crippen LogP contribution < -0.4 is 4.74 Å². The van der Waals surface area contributed by atoms with Crippen LogP contribution in [-0.2, 0) is 13.6 Å². The molecule has 3 aromatic rings. The van der Waals surface area contributed by atoms with E-state index in [0.717, 1.165) is 16.3 Å². The van der Waals surface area contributed by atoms with E-state index in [9.17, 15) is 13.2 Å². The smallest absolute Gasteiger partial charge is 0.388 e. The molecular weight excluding hydrogens is 422 g/mol. The molecule has 0 aliphatic rings. The summed E-state index contributed by atoms with van der Waals surface area (Å²) < 4.78 is 47.0. The van der Waals surface area contributed by atoms with Gasteiger partial charge in [0.15, 0.2) is 5.82 Å². The van der Waals surface area contributed by atoms with Gasteiger partial charge in [-0.05, 0) is 11.6 Å².